The van der Waals surface area contributed by atoms with Crippen LogP contribution in [0.3, 0.4) is 0 Å². The van der Waals surface area contributed by atoms with Crippen LogP contribution in [0.1, 0.15) is 26.3 Å². The molecular formula is C19H22FNO2. The Morgan fingerprint density at radius 2 is 1.74 bits per heavy atom. The topological polar surface area (TPSA) is 38.3 Å². The molecule has 1 N–H and O–H groups in total. The quantitative estimate of drug-likeness (QED) is 0.882. The van der Waals surface area contributed by atoms with E-state index in [0.29, 0.717) is 5.75 Å². The monoisotopic (exact) mass is 315 g/mol. The van der Waals surface area contributed by atoms with Gasteiger partial charge in [-0.2, -0.15) is 0 Å². The molecule has 0 bridgehead atoms. The maximum Gasteiger partial charge on any atom is 0.261 e. The molecule has 23 heavy (non-hydrogen) atoms. The van der Waals surface area contributed by atoms with Crippen molar-refractivity contribution in [3.8, 4) is 5.75 Å². The van der Waals surface area contributed by atoms with Crippen molar-refractivity contribution in [2.24, 2.45) is 0 Å². The molecule has 122 valence electrons. The second kappa shape index (κ2) is 7.27. The van der Waals surface area contributed by atoms with Gasteiger partial charge in [0.15, 0.2) is 6.10 Å². The molecule has 0 aliphatic carbocycles. The smallest absolute Gasteiger partial charge is 0.261 e. The highest BCUT2D eigenvalue weighted by molar-refractivity contribution is 5.81. The molecule has 3 nitrogen and oxygen atoms in total. The second-order valence-corrected chi connectivity index (χ2v) is 6.25. The normalized spacial score (nSPS) is 12.5. The number of benzene rings is 2. The highest BCUT2D eigenvalue weighted by atomic mass is 19.1. The molecule has 0 heterocycles. The number of rotatable bonds is 6. The zero-order valence-electron chi connectivity index (χ0n) is 13.7. The van der Waals surface area contributed by atoms with Gasteiger partial charge < -0.3 is 10.1 Å². The van der Waals surface area contributed by atoms with Crippen molar-refractivity contribution in [2.75, 3.05) is 0 Å². The second-order valence-electron chi connectivity index (χ2n) is 6.25. The van der Waals surface area contributed by atoms with Crippen LogP contribution in [0.25, 0.3) is 0 Å². The van der Waals surface area contributed by atoms with Crippen LogP contribution in [0, 0.1) is 5.82 Å². The Bertz CT molecular complexity index is 638. The summed E-state index contributed by atoms with van der Waals surface area (Å²) in [6.07, 6.45) is 0.0681. The Morgan fingerprint density at radius 1 is 1.13 bits per heavy atom. The van der Waals surface area contributed by atoms with Crippen molar-refractivity contribution >= 4 is 5.91 Å². The van der Waals surface area contributed by atoms with E-state index in [-0.39, 0.29) is 11.7 Å². The minimum absolute atomic E-state index is 0.199. The maximum atomic E-state index is 12.9. The van der Waals surface area contributed by atoms with E-state index >= 15 is 0 Å². The number of hydrogen-bond donors (Lipinski definition) is 1. The van der Waals surface area contributed by atoms with Gasteiger partial charge >= 0.3 is 0 Å². The minimum atomic E-state index is -0.657. The Morgan fingerprint density at radius 3 is 2.35 bits per heavy atom. The van der Waals surface area contributed by atoms with E-state index in [4.69, 9.17) is 4.74 Å². The van der Waals surface area contributed by atoms with Gasteiger partial charge in [-0.15, -0.1) is 0 Å². The summed E-state index contributed by atoms with van der Waals surface area (Å²) in [6.45, 7) is 5.63. The SMILES string of the molecule is C[C@@H](Oc1ccc(F)cc1)C(=O)NC(C)(C)Cc1ccccc1. The van der Waals surface area contributed by atoms with Crippen molar-refractivity contribution in [2.45, 2.75) is 38.8 Å². The largest absolute Gasteiger partial charge is 0.481 e. The molecule has 0 radical (unpaired) electrons. The summed E-state index contributed by atoms with van der Waals surface area (Å²) in [5.74, 6) is -0.0661. The molecule has 1 atom stereocenters. The molecule has 4 heteroatoms. The molecule has 0 unspecified atom stereocenters. The molecular weight excluding hydrogens is 293 g/mol. The number of ether oxygens (including phenoxy) is 1. The van der Waals surface area contributed by atoms with Crippen LogP contribution in [0.15, 0.2) is 54.6 Å². The third-order valence-corrected chi connectivity index (χ3v) is 3.45. The van der Waals surface area contributed by atoms with E-state index in [1.807, 2.05) is 44.2 Å². The predicted molar refractivity (Wildman–Crippen MR) is 88.9 cm³/mol. The number of nitrogens with one attached hydrogen (secondary N) is 1. The van der Waals surface area contributed by atoms with Crippen molar-refractivity contribution in [1.29, 1.82) is 0 Å². The van der Waals surface area contributed by atoms with Crippen LogP contribution in [-0.2, 0) is 11.2 Å². The van der Waals surface area contributed by atoms with Crippen LogP contribution >= 0.6 is 0 Å². The molecule has 0 aromatic heterocycles. The molecule has 0 fully saturated rings. The van der Waals surface area contributed by atoms with Crippen LogP contribution in [0.5, 0.6) is 5.75 Å². The molecule has 2 aromatic carbocycles. The van der Waals surface area contributed by atoms with E-state index in [0.717, 1.165) is 12.0 Å². The first-order chi connectivity index (χ1) is 10.9. The van der Waals surface area contributed by atoms with Crippen LogP contribution in [0.4, 0.5) is 4.39 Å². The van der Waals surface area contributed by atoms with E-state index in [2.05, 4.69) is 5.32 Å². The predicted octanol–water partition coefficient (Wildman–Crippen LogP) is 3.73. The average molecular weight is 315 g/mol. The van der Waals surface area contributed by atoms with Crippen LogP contribution < -0.4 is 10.1 Å². The Labute approximate surface area is 136 Å². The molecule has 2 aromatic rings. The molecule has 0 saturated carbocycles. The Hall–Kier alpha value is -2.36. The van der Waals surface area contributed by atoms with Crippen LogP contribution in [0.2, 0.25) is 0 Å². The van der Waals surface area contributed by atoms with E-state index < -0.39 is 11.6 Å². The summed E-state index contributed by atoms with van der Waals surface area (Å²) in [4.78, 5) is 12.3. The lowest BCUT2D eigenvalue weighted by Crippen LogP contribution is -2.49. The third-order valence-electron chi connectivity index (χ3n) is 3.45. The first-order valence-corrected chi connectivity index (χ1v) is 7.64. The lowest BCUT2D eigenvalue weighted by molar-refractivity contribution is -0.128. The summed E-state index contributed by atoms with van der Waals surface area (Å²) in [5.41, 5.74) is 0.767. The molecule has 1 amide bonds. The summed E-state index contributed by atoms with van der Waals surface area (Å²) in [6, 6.07) is 15.6. The van der Waals surface area contributed by atoms with E-state index in [1.54, 1.807) is 6.92 Å². The first-order valence-electron chi connectivity index (χ1n) is 7.64. The van der Waals surface area contributed by atoms with Gasteiger partial charge in [-0.25, -0.2) is 4.39 Å². The number of hydrogen-bond acceptors (Lipinski definition) is 2. The average Bonchev–Trinajstić information content (AvgIpc) is 2.49. The molecule has 2 rings (SSSR count). The lowest BCUT2D eigenvalue weighted by Gasteiger charge is -2.28. The Balaban J connectivity index is 1.92. The number of halogens is 1. The number of carbonyl (C=O) groups is 1. The standard InChI is InChI=1S/C19H22FNO2/c1-14(23-17-11-9-16(20)10-12-17)18(22)21-19(2,3)13-15-7-5-4-6-8-15/h4-12,14H,13H2,1-3H3,(H,21,22)/t14-/m1/s1. The van der Waals surface area contributed by atoms with Gasteiger partial charge in [0.25, 0.3) is 5.91 Å². The highest BCUT2D eigenvalue weighted by Gasteiger charge is 2.24. The number of carbonyl (C=O) groups excluding carboxylic acids is 1. The summed E-state index contributed by atoms with van der Waals surface area (Å²) in [5, 5.41) is 3.00. The van der Waals surface area contributed by atoms with Crippen molar-refractivity contribution < 1.29 is 13.9 Å². The fourth-order valence-corrected chi connectivity index (χ4v) is 2.36. The van der Waals surface area contributed by atoms with Gasteiger partial charge in [0, 0.05) is 5.54 Å². The fourth-order valence-electron chi connectivity index (χ4n) is 2.36. The lowest BCUT2D eigenvalue weighted by atomic mass is 9.94. The first kappa shape index (κ1) is 17.0. The molecule has 0 aliphatic rings. The van der Waals surface area contributed by atoms with Gasteiger partial charge in [-0.1, -0.05) is 30.3 Å². The van der Waals surface area contributed by atoms with E-state index in [9.17, 15) is 9.18 Å². The van der Waals surface area contributed by atoms with Crippen molar-refractivity contribution in [3.05, 3.63) is 66.0 Å². The van der Waals surface area contributed by atoms with Crippen molar-refractivity contribution in [1.82, 2.24) is 5.32 Å². The Kier molecular flexibility index (Phi) is 5.37. The molecule has 0 aliphatic heterocycles. The van der Waals surface area contributed by atoms with Gasteiger partial charge in [-0.05, 0) is 57.0 Å². The zero-order chi connectivity index (χ0) is 16.9. The van der Waals surface area contributed by atoms with Gasteiger partial charge in [-0.3, -0.25) is 4.79 Å². The number of amides is 1. The summed E-state index contributed by atoms with van der Waals surface area (Å²) < 4.78 is 18.4. The van der Waals surface area contributed by atoms with Crippen molar-refractivity contribution in [3.63, 3.8) is 0 Å². The summed E-state index contributed by atoms with van der Waals surface area (Å²) in [7, 11) is 0. The van der Waals surface area contributed by atoms with Gasteiger partial charge in [0.05, 0.1) is 0 Å². The van der Waals surface area contributed by atoms with Gasteiger partial charge in [0.1, 0.15) is 11.6 Å². The third kappa shape index (κ3) is 5.40. The van der Waals surface area contributed by atoms with Gasteiger partial charge in [0.2, 0.25) is 0 Å². The zero-order valence-corrected chi connectivity index (χ0v) is 13.7. The maximum absolute atomic E-state index is 12.9. The summed E-state index contributed by atoms with van der Waals surface area (Å²) >= 11 is 0. The molecule has 0 saturated heterocycles. The van der Waals surface area contributed by atoms with E-state index in [1.165, 1.54) is 24.3 Å². The minimum Gasteiger partial charge on any atom is -0.481 e. The fraction of sp³-hybridized carbons (Fsp3) is 0.316. The van der Waals surface area contributed by atoms with Crippen LogP contribution in [-0.4, -0.2) is 17.6 Å². The highest BCUT2D eigenvalue weighted by Crippen LogP contribution is 2.15. The molecule has 0 spiro atoms.